The van der Waals surface area contributed by atoms with Crippen molar-refractivity contribution in [2.75, 3.05) is 5.73 Å². The standard InChI is InChI=1S/C14H12N4O3/c1-7-10(11(15)12-13(16-7)18-21-17-12)6-8-2-4-9(5-3-8)14(19)20/h2-5H,6,15H2,1H3,(H,19,20). The van der Waals surface area contributed by atoms with E-state index in [1.807, 2.05) is 6.92 Å². The molecule has 2 aromatic heterocycles. The number of carboxylic acid groups (broad SMARTS) is 1. The predicted molar refractivity (Wildman–Crippen MR) is 75.0 cm³/mol. The first-order valence-corrected chi connectivity index (χ1v) is 6.25. The van der Waals surface area contributed by atoms with Crippen molar-refractivity contribution in [1.29, 1.82) is 0 Å². The number of hydrogen-bond acceptors (Lipinski definition) is 6. The lowest BCUT2D eigenvalue weighted by atomic mass is 10.0. The quantitative estimate of drug-likeness (QED) is 0.753. The molecule has 0 saturated heterocycles. The van der Waals surface area contributed by atoms with Gasteiger partial charge in [-0.25, -0.2) is 14.4 Å². The Labute approximate surface area is 119 Å². The maximum atomic E-state index is 10.8. The Balaban J connectivity index is 1.99. The van der Waals surface area contributed by atoms with Crippen LogP contribution in [0.3, 0.4) is 0 Å². The number of aryl methyl sites for hydroxylation is 1. The Morgan fingerprint density at radius 1 is 1.29 bits per heavy atom. The highest BCUT2D eigenvalue weighted by molar-refractivity contribution is 5.87. The summed E-state index contributed by atoms with van der Waals surface area (Å²) in [5, 5.41) is 16.3. The summed E-state index contributed by atoms with van der Waals surface area (Å²) in [7, 11) is 0. The number of fused-ring (bicyclic) bond motifs is 1. The van der Waals surface area contributed by atoms with Gasteiger partial charge in [-0.15, -0.1) is 0 Å². The van der Waals surface area contributed by atoms with Crippen molar-refractivity contribution in [3.05, 3.63) is 46.6 Å². The van der Waals surface area contributed by atoms with Gasteiger partial charge in [0.2, 0.25) is 5.65 Å². The van der Waals surface area contributed by atoms with E-state index >= 15 is 0 Å². The molecule has 2 heterocycles. The smallest absolute Gasteiger partial charge is 0.335 e. The van der Waals surface area contributed by atoms with Crippen LogP contribution in [-0.4, -0.2) is 26.4 Å². The molecular formula is C14H12N4O3. The van der Waals surface area contributed by atoms with Crippen LogP contribution in [0.1, 0.15) is 27.2 Å². The van der Waals surface area contributed by atoms with Crippen LogP contribution in [0.25, 0.3) is 11.2 Å². The van der Waals surface area contributed by atoms with Gasteiger partial charge in [-0.1, -0.05) is 12.1 Å². The van der Waals surface area contributed by atoms with Crippen molar-refractivity contribution in [3.8, 4) is 0 Å². The third-order valence-electron chi connectivity index (χ3n) is 3.34. The molecule has 0 aliphatic heterocycles. The van der Waals surface area contributed by atoms with Crippen molar-refractivity contribution in [2.45, 2.75) is 13.3 Å². The van der Waals surface area contributed by atoms with Crippen molar-refractivity contribution in [1.82, 2.24) is 15.3 Å². The zero-order valence-electron chi connectivity index (χ0n) is 11.2. The summed E-state index contributed by atoms with van der Waals surface area (Å²) in [6.07, 6.45) is 0.535. The van der Waals surface area contributed by atoms with E-state index in [1.165, 1.54) is 0 Å². The van der Waals surface area contributed by atoms with Crippen molar-refractivity contribution in [3.63, 3.8) is 0 Å². The van der Waals surface area contributed by atoms with E-state index in [9.17, 15) is 4.79 Å². The average molecular weight is 284 g/mol. The monoisotopic (exact) mass is 284 g/mol. The Hall–Kier alpha value is -2.96. The molecule has 21 heavy (non-hydrogen) atoms. The highest BCUT2D eigenvalue weighted by atomic mass is 16.6. The van der Waals surface area contributed by atoms with Gasteiger partial charge in [-0.2, -0.15) is 0 Å². The molecule has 1 aromatic carbocycles. The first kappa shape index (κ1) is 13.0. The van der Waals surface area contributed by atoms with Crippen molar-refractivity contribution >= 4 is 22.8 Å². The van der Waals surface area contributed by atoms with Gasteiger partial charge >= 0.3 is 5.97 Å². The number of carboxylic acids is 1. The maximum absolute atomic E-state index is 10.8. The van der Waals surface area contributed by atoms with Gasteiger partial charge in [0.25, 0.3) is 0 Å². The molecule has 3 aromatic rings. The zero-order valence-corrected chi connectivity index (χ0v) is 11.2. The molecule has 3 rings (SSSR count). The minimum absolute atomic E-state index is 0.248. The van der Waals surface area contributed by atoms with Gasteiger partial charge in [0.05, 0.1) is 11.3 Å². The highest BCUT2D eigenvalue weighted by Gasteiger charge is 2.14. The van der Waals surface area contributed by atoms with E-state index in [0.29, 0.717) is 23.3 Å². The normalized spacial score (nSPS) is 10.9. The van der Waals surface area contributed by atoms with Crippen LogP contribution < -0.4 is 5.73 Å². The summed E-state index contributed by atoms with van der Waals surface area (Å²) in [5.41, 5.74) is 10.2. The van der Waals surface area contributed by atoms with E-state index in [0.717, 1.165) is 16.8 Å². The molecule has 0 atom stereocenters. The number of aromatic carboxylic acids is 1. The van der Waals surface area contributed by atoms with Crippen LogP contribution in [-0.2, 0) is 6.42 Å². The minimum atomic E-state index is -0.950. The van der Waals surface area contributed by atoms with Crippen LogP contribution >= 0.6 is 0 Å². The van der Waals surface area contributed by atoms with E-state index in [2.05, 4.69) is 19.9 Å². The number of nitrogens with two attached hydrogens (primary N) is 1. The van der Waals surface area contributed by atoms with Gasteiger partial charge in [0.15, 0.2) is 5.52 Å². The highest BCUT2D eigenvalue weighted by Crippen LogP contribution is 2.25. The Morgan fingerprint density at radius 2 is 2.00 bits per heavy atom. The Morgan fingerprint density at radius 3 is 2.67 bits per heavy atom. The van der Waals surface area contributed by atoms with E-state index in [-0.39, 0.29) is 5.56 Å². The number of hydrogen-bond donors (Lipinski definition) is 2. The first-order chi connectivity index (χ1) is 10.1. The number of nitrogens with zero attached hydrogens (tertiary/aromatic N) is 3. The van der Waals surface area contributed by atoms with Crippen molar-refractivity contribution in [2.24, 2.45) is 0 Å². The second-order valence-corrected chi connectivity index (χ2v) is 4.70. The largest absolute Gasteiger partial charge is 0.478 e. The molecule has 7 nitrogen and oxygen atoms in total. The molecule has 0 saturated carbocycles. The van der Waals surface area contributed by atoms with Gasteiger partial charge in [0.1, 0.15) is 0 Å². The summed E-state index contributed by atoms with van der Waals surface area (Å²) in [5.74, 6) is -0.950. The summed E-state index contributed by atoms with van der Waals surface area (Å²) >= 11 is 0. The SMILES string of the molecule is Cc1nc2nonc2c(N)c1Cc1ccc(C(=O)O)cc1. The lowest BCUT2D eigenvalue weighted by Gasteiger charge is -2.09. The molecule has 7 heteroatoms. The number of rotatable bonds is 3. The summed E-state index contributed by atoms with van der Waals surface area (Å²) in [4.78, 5) is 15.1. The zero-order chi connectivity index (χ0) is 15.0. The van der Waals surface area contributed by atoms with E-state index < -0.39 is 5.97 Å². The second kappa shape index (κ2) is 4.86. The maximum Gasteiger partial charge on any atom is 0.335 e. The molecule has 0 aliphatic carbocycles. The molecule has 0 aliphatic rings. The van der Waals surface area contributed by atoms with Crippen LogP contribution in [0, 0.1) is 6.92 Å². The minimum Gasteiger partial charge on any atom is -0.478 e. The second-order valence-electron chi connectivity index (χ2n) is 4.70. The number of pyridine rings is 1. The number of anilines is 1. The van der Waals surface area contributed by atoms with Crippen LogP contribution in [0.5, 0.6) is 0 Å². The fourth-order valence-electron chi connectivity index (χ4n) is 2.18. The Bertz CT molecular complexity index is 824. The Kier molecular flexibility index (Phi) is 3.02. The third-order valence-corrected chi connectivity index (χ3v) is 3.34. The number of carbonyl (C=O) groups is 1. The first-order valence-electron chi connectivity index (χ1n) is 6.25. The molecule has 0 fully saturated rings. The summed E-state index contributed by atoms with van der Waals surface area (Å²) in [6, 6.07) is 6.64. The number of benzene rings is 1. The average Bonchev–Trinajstić information content (AvgIpc) is 2.92. The van der Waals surface area contributed by atoms with Crippen LogP contribution in [0.4, 0.5) is 5.69 Å². The summed E-state index contributed by atoms with van der Waals surface area (Å²) < 4.78 is 4.64. The van der Waals surface area contributed by atoms with Crippen LogP contribution in [0.2, 0.25) is 0 Å². The molecule has 0 bridgehead atoms. The lowest BCUT2D eigenvalue weighted by molar-refractivity contribution is 0.0697. The van der Waals surface area contributed by atoms with E-state index in [4.69, 9.17) is 10.8 Å². The lowest BCUT2D eigenvalue weighted by Crippen LogP contribution is -2.03. The van der Waals surface area contributed by atoms with Gasteiger partial charge < -0.3 is 10.8 Å². The predicted octanol–water partition coefficient (Wildman–Crippen LogP) is 1.80. The number of nitrogen functional groups attached to an aromatic ring is 1. The molecular weight excluding hydrogens is 272 g/mol. The molecule has 0 spiro atoms. The number of aromatic nitrogens is 3. The van der Waals surface area contributed by atoms with E-state index in [1.54, 1.807) is 24.3 Å². The molecule has 3 N–H and O–H groups in total. The third kappa shape index (κ3) is 2.29. The van der Waals surface area contributed by atoms with Gasteiger partial charge in [-0.3, -0.25) is 0 Å². The topological polar surface area (TPSA) is 115 Å². The molecule has 0 radical (unpaired) electrons. The van der Waals surface area contributed by atoms with Gasteiger partial charge in [-0.05, 0) is 34.9 Å². The molecule has 106 valence electrons. The van der Waals surface area contributed by atoms with Crippen molar-refractivity contribution < 1.29 is 14.5 Å². The van der Waals surface area contributed by atoms with Crippen LogP contribution in [0.15, 0.2) is 28.9 Å². The van der Waals surface area contributed by atoms with Gasteiger partial charge in [0, 0.05) is 17.7 Å². The molecule has 0 amide bonds. The fraction of sp³-hybridized carbons (Fsp3) is 0.143. The fourth-order valence-corrected chi connectivity index (χ4v) is 2.18. The summed E-state index contributed by atoms with van der Waals surface area (Å²) in [6.45, 7) is 1.84. The molecule has 0 unspecified atom stereocenters.